The molecule has 5 heteroatoms. The number of rotatable bonds is 7. The number of nitrogens with zero attached hydrogens (tertiary/aromatic N) is 1. The zero-order valence-electron chi connectivity index (χ0n) is 18.9. The summed E-state index contributed by atoms with van der Waals surface area (Å²) >= 11 is 0. The van der Waals surface area contributed by atoms with Crippen molar-refractivity contribution in [3.8, 4) is 22.6 Å². The van der Waals surface area contributed by atoms with Crippen LogP contribution >= 0.6 is 0 Å². The predicted molar refractivity (Wildman–Crippen MR) is 130 cm³/mol. The molecule has 0 bridgehead atoms. The van der Waals surface area contributed by atoms with Crippen molar-refractivity contribution in [1.29, 1.82) is 0 Å². The Hall–Kier alpha value is -3.57. The van der Waals surface area contributed by atoms with Crippen molar-refractivity contribution in [2.24, 2.45) is 0 Å². The molecule has 0 aliphatic heterocycles. The van der Waals surface area contributed by atoms with Gasteiger partial charge in [0.1, 0.15) is 22.8 Å². The van der Waals surface area contributed by atoms with E-state index in [0.29, 0.717) is 40.4 Å². The molecule has 1 aliphatic rings. The Morgan fingerprint density at radius 1 is 1.00 bits per heavy atom. The van der Waals surface area contributed by atoms with Crippen LogP contribution in [-0.4, -0.2) is 23.2 Å². The van der Waals surface area contributed by atoms with E-state index in [2.05, 4.69) is 17.0 Å². The number of hydrogen-bond acceptors (Lipinski definition) is 5. The van der Waals surface area contributed by atoms with Crippen LogP contribution in [-0.2, 0) is 13.1 Å². The molecule has 1 aromatic heterocycles. The van der Waals surface area contributed by atoms with Crippen LogP contribution in [0.1, 0.15) is 29.7 Å². The number of aryl methyl sites for hydroxylation is 1. The summed E-state index contributed by atoms with van der Waals surface area (Å²) in [7, 11) is 1.66. The number of ether oxygens (including phenoxy) is 1. The van der Waals surface area contributed by atoms with Crippen LogP contribution in [0.3, 0.4) is 0 Å². The van der Waals surface area contributed by atoms with Crippen molar-refractivity contribution < 1.29 is 14.3 Å². The lowest BCUT2D eigenvalue weighted by Crippen LogP contribution is -2.25. The molecule has 1 saturated carbocycles. The summed E-state index contributed by atoms with van der Waals surface area (Å²) in [6.45, 7) is 3.07. The minimum atomic E-state index is -0.0747. The molecular formula is C28H27NO4. The molecule has 1 N–H and O–H groups in total. The van der Waals surface area contributed by atoms with Crippen LogP contribution < -0.4 is 10.2 Å². The molecule has 33 heavy (non-hydrogen) atoms. The molecule has 3 aromatic carbocycles. The number of hydrogen-bond donors (Lipinski definition) is 1. The second-order valence-electron chi connectivity index (χ2n) is 8.65. The maximum absolute atomic E-state index is 13.4. The zero-order valence-corrected chi connectivity index (χ0v) is 18.9. The van der Waals surface area contributed by atoms with E-state index in [0.717, 1.165) is 30.7 Å². The molecule has 168 valence electrons. The Kier molecular flexibility index (Phi) is 5.65. The Bertz CT molecular complexity index is 1340. The maximum atomic E-state index is 13.4. The average Bonchev–Trinajstić information content (AvgIpc) is 3.67. The molecule has 5 nitrogen and oxygen atoms in total. The third kappa shape index (κ3) is 4.24. The van der Waals surface area contributed by atoms with E-state index in [9.17, 15) is 9.90 Å². The first-order valence-electron chi connectivity index (χ1n) is 11.3. The van der Waals surface area contributed by atoms with Crippen LogP contribution in [0.25, 0.3) is 22.1 Å². The molecule has 0 unspecified atom stereocenters. The lowest BCUT2D eigenvalue weighted by Gasteiger charge is -2.23. The fourth-order valence-corrected chi connectivity index (χ4v) is 4.43. The van der Waals surface area contributed by atoms with E-state index in [-0.39, 0.29) is 11.2 Å². The standard InChI is InChI=1S/C28H27NO4/c1-18-26(20-6-4-3-5-7-20)27(31)23-14-15-25(30)24(28(23)33-18)17-29(21-10-11-21)16-19-8-12-22(32-2)13-9-19/h3-9,12-15,21,30H,10-11,16-17H2,1-2H3. The van der Waals surface area contributed by atoms with Crippen molar-refractivity contribution in [3.63, 3.8) is 0 Å². The van der Waals surface area contributed by atoms with Gasteiger partial charge in [0.2, 0.25) is 5.43 Å². The van der Waals surface area contributed by atoms with Gasteiger partial charge in [-0.05, 0) is 55.2 Å². The minimum absolute atomic E-state index is 0.0747. The number of fused-ring (bicyclic) bond motifs is 1. The quantitative estimate of drug-likeness (QED) is 0.402. The van der Waals surface area contributed by atoms with Gasteiger partial charge < -0.3 is 14.3 Å². The van der Waals surface area contributed by atoms with E-state index in [4.69, 9.17) is 9.15 Å². The average molecular weight is 442 g/mol. The lowest BCUT2D eigenvalue weighted by atomic mass is 10.0. The molecule has 0 saturated heterocycles. The maximum Gasteiger partial charge on any atom is 0.200 e. The lowest BCUT2D eigenvalue weighted by molar-refractivity contribution is 0.242. The van der Waals surface area contributed by atoms with Gasteiger partial charge in [-0.1, -0.05) is 42.5 Å². The van der Waals surface area contributed by atoms with Gasteiger partial charge in [-0.15, -0.1) is 0 Å². The number of benzene rings is 3. The molecule has 0 spiro atoms. The second-order valence-corrected chi connectivity index (χ2v) is 8.65. The molecule has 1 aliphatic carbocycles. The summed E-state index contributed by atoms with van der Waals surface area (Å²) in [6.07, 6.45) is 2.26. The van der Waals surface area contributed by atoms with Crippen molar-refractivity contribution in [1.82, 2.24) is 4.90 Å². The van der Waals surface area contributed by atoms with E-state index in [1.807, 2.05) is 49.4 Å². The van der Waals surface area contributed by atoms with Gasteiger partial charge in [0.05, 0.1) is 23.6 Å². The van der Waals surface area contributed by atoms with E-state index in [1.54, 1.807) is 19.2 Å². The highest BCUT2D eigenvalue weighted by Gasteiger charge is 2.30. The molecule has 1 fully saturated rings. The van der Waals surface area contributed by atoms with Gasteiger partial charge in [-0.25, -0.2) is 0 Å². The molecule has 4 aromatic rings. The number of phenolic OH excluding ortho intramolecular Hbond substituents is 1. The SMILES string of the molecule is COc1ccc(CN(Cc2c(O)ccc3c(=O)c(-c4ccccc4)c(C)oc23)C2CC2)cc1. The third-order valence-electron chi connectivity index (χ3n) is 6.35. The summed E-state index contributed by atoms with van der Waals surface area (Å²) in [5.41, 5.74) is 3.63. The highest BCUT2D eigenvalue weighted by atomic mass is 16.5. The molecule has 0 amide bonds. The highest BCUT2D eigenvalue weighted by molar-refractivity contribution is 5.86. The van der Waals surface area contributed by atoms with Crippen LogP contribution in [0, 0.1) is 6.92 Å². The van der Waals surface area contributed by atoms with E-state index >= 15 is 0 Å². The number of aromatic hydroxyl groups is 1. The van der Waals surface area contributed by atoms with Gasteiger partial charge in [0, 0.05) is 19.1 Å². The Morgan fingerprint density at radius 2 is 1.73 bits per heavy atom. The topological polar surface area (TPSA) is 62.9 Å². The fourth-order valence-electron chi connectivity index (χ4n) is 4.43. The smallest absolute Gasteiger partial charge is 0.200 e. The predicted octanol–water partition coefficient (Wildman–Crippen LogP) is 5.65. The monoisotopic (exact) mass is 441 g/mol. The van der Waals surface area contributed by atoms with Crippen molar-refractivity contribution in [2.45, 2.75) is 38.9 Å². The van der Waals surface area contributed by atoms with E-state index in [1.165, 1.54) is 5.56 Å². The number of methoxy groups -OCH3 is 1. The van der Waals surface area contributed by atoms with Gasteiger partial charge in [-0.2, -0.15) is 0 Å². The molecule has 0 radical (unpaired) electrons. The van der Waals surface area contributed by atoms with Crippen LogP contribution in [0.15, 0.2) is 75.9 Å². The second kappa shape index (κ2) is 8.75. The van der Waals surface area contributed by atoms with Crippen LogP contribution in [0.5, 0.6) is 11.5 Å². The molecule has 0 atom stereocenters. The van der Waals surface area contributed by atoms with Crippen LogP contribution in [0.2, 0.25) is 0 Å². The third-order valence-corrected chi connectivity index (χ3v) is 6.35. The largest absolute Gasteiger partial charge is 0.507 e. The summed E-state index contributed by atoms with van der Waals surface area (Å²) in [4.78, 5) is 15.8. The first-order chi connectivity index (χ1) is 16.0. The first kappa shape index (κ1) is 21.3. The highest BCUT2D eigenvalue weighted by Crippen LogP contribution is 2.35. The summed E-state index contributed by atoms with van der Waals surface area (Å²) in [6, 6.07) is 21.3. The summed E-state index contributed by atoms with van der Waals surface area (Å²) < 4.78 is 11.5. The van der Waals surface area contributed by atoms with Crippen molar-refractivity contribution in [3.05, 3.63) is 93.8 Å². The Balaban J connectivity index is 1.54. The number of phenols is 1. The van der Waals surface area contributed by atoms with Gasteiger partial charge in [0.15, 0.2) is 0 Å². The summed E-state index contributed by atoms with van der Waals surface area (Å²) in [5.74, 6) is 1.53. The van der Waals surface area contributed by atoms with Gasteiger partial charge in [-0.3, -0.25) is 9.69 Å². The molecule has 5 rings (SSSR count). The van der Waals surface area contributed by atoms with Crippen molar-refractivity contribution in [2.75, 3.05) is 7.11 Å². The van der Waals surface area contributed by atoms with Crippen LogP contribution in [0.4, 0.5) is 0 Å². The summed E-state index contributed by atoms with van der Waals surface area (Å²) in [5, 5.41) is 11.2. The molecular weight excluding hydrogens is 414 g/mol. The Labute approximate surface area is 192 Å². The normalized spacial score (nSPS) is 13.5. The molecule has 1 heterocycles. The zero-order chi connectivity index (χ0) is 22.9. The van der Waals surface area contributed by atoms with Crippen molar-refractivity contribution >= 4 is 11.0 Å². The van der Waals surface area contributed by atoms with Gasteiger partial charge in [0.25, 0.3) is 0 Å². The Morgan fingerprint density at radius 3 is 2.39 bits per heavy atom. The van der Waals surface area contributed by atoms with E-state index < -0.39 is 0 Å². The van der Waals surface area contributed by atoms with Gasteiger partial charge >= 0.3 is 0 Å². The fraction of sp³-hybridized carbons (Fsp3) is 0.250. The first-order valence-corrected chi connectivity index (χ1v) is 11.3. The minimum Gasteiger partial charge on any atom is -0.507 e.